The van der Waals surface area contributed by atoms with Crippen LogP contribution in [0, 0.1) is 13.8 Å². The molecule has 1 aromatic heterocycles. The van der Waals surface area contributed by atoms with Gasteiger partial charge in [0.1, 0.15) is 5.76 Å². The molecular weight excluding hydrogens is 254 g/mol. The first-order chi connectivity index (χ1) is 9.52. The molecule has 0 radical (unpaired) electrons. The molecule has 106 valence electrons. The summed E-state index contributed by atoms with van der Waals surface area (Å²) in [6.45, 7) is 4.47. The fraction of sp³-hybridized carbons (Fsp3) is 0.267. The van der Waals surface area contributed by atoms with E-state index >= 15 is 0 Å². The van der Waals surface area contributed by atoms with Crippen molar-refractivity contribution in [2.75, 3.05) is 11.9 Å². The monoisotopic (exact) mass is 273 g/mol. The lowest BCUT2D eigenvalue weighted by Gasteiger charge is -2.20. The molecule has 2 rings (SSSR count). The molecule has 1 heterocycles. The van der Waals surface area contributed by atoms with Gasteiger partial charge in [-0.1, -0.05) is 18.2 Å². The lowest BCUT2D eigenvalue weighted by Crippen LogP contribution is -2.30. The van der Waals surface area contributed by atoms with Crippen LogP contribution >= 0.6 is 0 Å². The predicted octanol–water partition coefficient (Wildman–Crippen LogP) is 2.14. The summed E-state index contributed by atoms with van der Waals surface area (Å²) in [7, 11) is 1.99. The molecule has 1 aromatic carbocycles. The van der Waals surface area contributed by atoms with E-state index in [4.69, 9.17) is 10.3 Å². The lowest BCUT2D eigenvalue weighted by atomic mass is 10.2. The van der Waals surface area contributed by atoms with Crippen molar-refractivity contribution in [3.8, 4) is 0 Å². The van der Waals surface area contributed by atoms with Gasteiger partial charge in [-0.2, -0.15) is 0 Å². The number of para-hydroxylation sites is 1. The number of nitrogens with one attached hydrogen (secondary N) is 1. The smallest absolute Gasteiger partial charge is 0.301 e. The molecule has 5 nitrogen and oxygen atoms in total. The van der Waals surface area contributed by atoms with Gasteiger partial charge in [0.05, 0.1) is 6.54 Å². The Morgan fingerprint density at radius 3 is 2.65 bits per heavy atom. The third-order valence-electron chi connectivity index (χ3n) is 3.23. The summed E-state index contributed by atoms with van der Waals surface area (Å²) >= 11 is 0. The maximum absolute atomic E-state index is 11.5. The van der Waals surface area contributed by atoms with E-state index in [1.165, 1.54) is 5.56 Å². The number of carbonyl (C=O) groups is 1. The Bertz CT molecular complexity index is 619. The number of amides is 1. The molecule has 0 aliphatic heterocycles. The third-order valence-corrected chi connectivity index (χ3v) is 3.23. The van der Waals surface area contributed by atoms with Gasteiger partial charge in [-0.05, 0) is 31.5 Å². The number of aryl methyl sites for hydroxylation is 2. The first-order valence-electron chi connectivity index (χ1n) is 6.40. The molecule has 0 bridgehead atoms. The summed E-state index contributed by atoms with van der Waals surface area (Å²) in [5.41, 5.74) is 5.19. The van der Waals surface area contributed by atoms with Crippen molar-refractivity contribution in [1.29, 1.82) is 0 Å². The van der Waals surface area contributed by atoms with Crippen molar-refractivity contribution in [1.82, 2.24) is 5.43 Å². The van der Waals surface area contributed by atoms with Crippen LogP contribution in [-0.2, 0) is 6.54 Å². The average Bonchev–Trinajstić information content (AvgIpc) is 2.79. The molecule has 5 heteroatoms. The summed E-state index contributed by atoms with van der Waals surface area (Å²) in [5.74, 6) is 5.71. The first-order valence-corrected chi connectivity index (χ1v) is 6.40. The van der Waals surface area contributed by atoms with Crippen molar-refractivity contribution in [3.63, 3.8) is 0 Å². The zero-order chi connectivity index (χ0) is 14.7. The molecule has 0 spiro atoms. The minimum atomic E-state index is -0.410. The minimum Gasteiger partial charge on any atom is -0.454 e. The van der Waals surface area contributed by atoms with Crippen molar-refractivity contribution in [2.45, 2.75) is 20.4 Å². The van der Waals surface area contributed by atoms with Gasteiger partial charge in [-0.15, -0.1) is 0 Å². The van der Waals surface area contributed by atoms with Crippen molar-refractivity contribution < 1.29 is 9.21 Å². The molecule has 0 fully saturated rings. The Morgan fingerprint density at radius 1 is 1.30 bits per heavy atom. The van der Waals surface area contributed by atoms with Gasteiger partial charge in [0.2, 0.25) is 0 Å². The fourth-order valence-corrected chi connectivity index (χ4v) is 2.23. The van der Waals surface area contributed by atoms with Gasteiger partial charge >= 0.3 is 5.91 Å². The Morgan fingerprint density at radius 2 is 2.00 bits per heavy atom. The highest BCUT2D eigenvalue weighted by atomic mass is 16.4. The quantitative estimate of drug-likeness (QED) is 0.508. The molecule has 0 aliphatic carbocycles. The van der Waals surface area contributed by atoms with Gasteiger partial charge in [-0.25, -0.2) is 5.84 Å². The highest BCUT2D eigenvalue weighted by Gasteiger charge is 2.16. The van der Waals surface area contributed by atoms with Crippen LogP contribution in [0.2, 0.25) is 0 Å². The van der Waals surface area contributed by atoms with E-state index in [1.807, 2.05) is 32.2 Å². The van der Waals surface area contributed by atoms with Gasteiger partial charge in [-0.3, -0.25) is 10.2 Å². The molecule has 0 atom stereocenters. The SMILES string of the molecule is Cc1ccccc1N(C)Cc1cc(C)c(C(=O)NN)o1. The molecule has 0 aliphatic rings. The summed E-state index contributed by atoms with van der Waals surface area (Å²) in [6.07, 6.45) is 0. The topological polar surface area (TPSA) is 71.5 Å². The first kappa shape index (κ1) is 14.1. The molecular formula is C15H19N3O2. The van der Waals surface area contributed by atoms with Crippen LogP contribution < -0.4 is 16.2 Å². The van der Waals surface area contributed by atoms with Crippen LogP contribution in [0.4, 0.5) is 5.69 Å². The Kier molecular flexibility index (Phi) is 4.10. The summed E-state index contributed by atoms with van der Waals surface area (Å²) < 4.78 is 5.57. The largest absolute Gasteiger partial charge is 0.454 e. The molecule has 3 N–H and O–H groups in total. The van der Waals surface area contributed by atoms with E-state index in [0.29, 0.717) is 6.54 Å². The van der Waals surface area contributed by atoms with Gasteiger partial charge in [0.25, 0.3) is 0 Å². The number of anilines is 1. The Balaban J connectivity index is 2.18. The number of nitrogen functional groups attached to an aromatic ring is 1. The van der Waals surface area contributed by atoms with E-state index in [9.17, 15) is 4.79 Å². The number of hydrogen-bond acceptors (Lipinski definition) is 4. The number of furan rings is 1. The highest BCUT2D eigenvalue weighted by Crippen LogP contribution is 2.22. The summed E-state index contributed by atoms with van der Waals surface area (Å²) in [5, 5.41) is 0. The van der Waals surface area contributed by atoms with Crippen LogP contribution in [-0.4, -0.2) is 13.0 Å². The maximum Gasteiger partial charge on any atom is 0.301 e. The number of rotatable bonds is 4. The molecule has 1 amide bonds. The number of nitrogens with two attached hydrogens (primary N) is 1. The number of hydrazine groups is 1. The number of benzene rings is 1. The predicted molar refractivity (Wildman–Crippen MR) is 78.4 cm³/mol. The molecule has 0 saturated heterocycles. The molecule has 0 saturated carbocycles. The van der Waals surface area contributed by atoms with Crippen LogP contribution in [0.5, 0.6) is 0 Å². The van der Waals surface area contributed by atoms with E-state index in [0.717, 1.165) is 17.0 Å². The number of hydrogen-bond donors (Lipinski definition) is 2. The normalized spacial score (nSPS) is 10.4. The van der Waals surface area contributed by atoms with E-state index < -0.39 is 5.91 Å². The van der Waals surface area contributed by atoms with Gasteiger partial charge in [0.15, 0.2) is 5.76 Å². The minimum absolute atomic E-state index is 0.265. The second-order valence-electron chi connectivity index (χ2n) is 4.84. The fourth-order valence-electron chi connectivity index (χ4n) is 2.23. The standard InChI is InChI=1S/C15H19N3O2/c1-10-6-4-5-7-13(10)18(3)9-12-8-11(2)14(20-12)15(19)17-16/h4-8H,9,16H2,1-3H3,(H,17,19). The maximum atomic E-state index is 11.5. The lowest BCUT2D eigenvalue weighted by molar-refractivity contribution is 0.0923. The molecule has 20 heavy (non-hydrogen) atoms. The second kappa shape index (κ2) is 5.79. The summed E-state index contributed by atoms with van der Waals surface area (Å²) in [6, 6.07) is 9.98. The van der Waals surface area contributed by atoms with Crippen LogP contribution in [0.25, 0.3) is 0 Å². The zero-order valence-electron chi connectivity index (χ0n) is 11.9. The van der Waals surface area contributed by atoms with Crippen LogP contribution in [0.3, 0.4) is 0 Å². The third kappa shape index (κ3) is 2.83. The van der Waals surface area contributed by atoms with E-state index in [-0.39, 0.29) is 5.76 Å². The molecule has 0 unspecified atom stereocenters. The van der Waals surface area contributed by atoms with Gasteiger partial charge < -0.3 is 9.32 Å². The van der Waals surface area contributed by atoms with Crippen LogP contribution in [0.15, 0.2) is 34.7 Å². The molecule has 2 aromatic rings. The van der Waals surface area contributed by atoms with E-state index in [1.54, 1.807) is 0 Å². The van der Waals surface area contributed by atoms with Crippen molar-refractivity contribution in [3.05, 3.63) is 53.0 Å². The Labute approximate surface area is 118 Å². The highest BCUT2D eigenvalue weighted by molar-refractivity contribution is 5.92. The zero-order valence-corrected chi connectivity index (χ0v) is 11.9. The second-order valence-corrected chi connectivity index (χ2v) is 4.84. The van der Waals surface area contributed by atoms with E-state index in [2.05, 4.69) is 29.4 Å². The van der Waals surface area contributed by atoms with Crippen molar-refractivity contribution in [2.24, 2.45) is 5.84 Å². The Hall–Kier alpha value is -2.27. The average molecular weight is 273 g/mol. The number of nitrogens with zero attached hydrogens (tertiary/aromatic N) is 1. The number of carbonyl (C=O) groups excluding carboxylic acids is 1. The van der Waals surface area contributed by atoms with Crippen molar-refractivity contribution >= 4 is 11.6 Å². The van der Waals surface area contributed by atoms with Crippen LogP contribution in [0.1, 0.15) is 27.4 Å². The summed E-state index contributed by atoms with van der Waals surface area (Å²) in [4.78, 5) is 13.6. The van der Waals surface area contributed by atoms with Gasteiger partial charge in [0, 0.05) is 18.3 Å².